The van der Waals surface area contributed by atoms with Gasteiger partial charge in [-0.1, -0.05) is 37.6 Å². The number of benzene rings is 2. The second-order valence-electron chi connectivity index (χ2n) is 7.18. The predicted octanol–water partition coefficient (Wildman–Crippen LogP) is 4.44. The molecule has 0 aliphatic carbocycles. The van der Waals surface area contributed by atoms with Crippen molar-refractivity contribution in [1.29, 1.82) is 0 Å². The van der Waals surface area contributed by atoms with E-state index in [2.05, 4.69) is 15.7 Å². The summed E-state index contributed by atoms with van der Waals surface area (Å²) in [4.78, 5) is 24.4. The van der Waals surface area contributed by atoms with Gasteiger partial charge in [-0.05, 0) is 47.9 Å². The number of carbonyl (C=O) groups is 2. The molecule has 0 saturated carbocycles. The van der Waals surface area contributed by atoms with Gasteiger partial charge in [-0.25, -0.2) is 4.68 Å². The van der Waals surface area contributed by atoms with Crippen LogP contribution in [-0.4, -0.2) is 21.6 Å². The van der Waals surface area contributed by atoms with Crippen LogP contribution in [0.15, 0.2) is 60.9 Å². The van der Waals surface area contributed by atoms with Gasteiger partial charge in [0.1, 0.15) is 0 Å². The Morgan fingerprint density at radius 2 is 1.90 bits per heavy atom. The molecule has 1 heterocycles. The van der Waals surface area contributed by atoms with Crippen molar-refractivity contribution in [3.63, 3.8) is 0 Å². The van der Waals surface area contributed by atoms with E-state index >= 15 is 0 Å². The van der Waals surface area contributed by atoms with Gasteiger partial charge < -0.3 is 10.6 Å². The fourth-order valence-corrected chi connectivity index (χ4v) is 2.93. The molecule has 0 fully saturated rings. The molecular formula is C22H23ClN4O2. The highest BCUT2D eigenvalue weighted by Gasteiger charge is 2.10. The van der Waals surface area contributed by atoms with Crippen LogP contribution < -0.4 is 10.6 Å². The first-order valence-corrected chi connectivity index (χ1v) is 9.76. The standard InChI is InChI=1S/C22H23ClN4O2/c1-15(2)10-21(28)26-19-5-3-4-16(11-19)12-24-22(29)17-13-25-27(14-17)20-8-6-18(23)7-9-20/h3-9,11,13-15H,10,12H2,1-2H3,(H,24,29)(H,26,28). The molecule has 1 aromatic heterocycles. The molecule has 0 saturated heterocycles. The number of carbonyl (C=O) groups excluding carboxylic acids is 2. The molecule has 2 aromatic carbocycles. The number of anilines is 1. The quantitative estimate of drug-likeness (QED) is 0.604. The lowest BCUT2D eigenvalue weighted by atomic mass is 10.1. The summed E-state index contributed by atoms with van der Waals surface area (Å²) in [5, 5.41) is 10.6. The number of hydrogen-bond acceptors (Lipinski definition) is 3. The van der Waals surface area contributed by atoms with Crippen molar-refractivity contribution in [3.8, 4) is 5.69 Å². The van der Waals surface area contributed by atoms with Crippen molar-refractivity contribution in [2.24, 2.45) is 5.92 Å². The van der Waals surface area contributed by atoms with Crippen LogP contribution in [-0.2, 0) is 11.3 Å². The number of nitrogens with zero attached hydrogens (tertiary/aromatic N) is 2. The second kappa shape index (κ2) is 9.39. The second-order valence-corrected chi connectivity index (χ2v) is 7.62. The zero-order chi connectivity index (χ0) is 20.8. The maximum absolute atomic E-state index is 12.4. The van der Waals surface area contributed by atoms with Gasteiger partial charge in [-0.3, -0.25) is 9.59 Å². The van der Waals surface area contributed by atoms with Crippen LogP contribution in [0, 0.1) is 5.92 Å². The van der Waals surface area contributed by atoms with Gasteiger partial charge in [-0.15, -0.1) is 0 Å². The van der Waals surface area contributed by atoms with Crippen molar-refractivity contribution in [1.82, 2.24) is 15.1 Å². The Labute approximate surface area is 174 Å². The van der Waals surface area contributed by atoms with Gasteiger partial charge in [0.2, 0.25) is 5.91 Å². The molecule has 3 aromatic rings. The van der Waals surface area contributed by atoms with Crippen LogP contribution in [0.25, 0.3) is 5.69 Å². The summed E-state index contributed by atoms with van der Waals surface area (Å²) in [6.45, 7) is 4.35. The van der Waals surface area contributed by atoms with E-state index in [9.17, 15) is 9.59 Å². The van der Waals surface area contributed by atoms with E-state index in [0.717, 1.165) is 16.9 Å². The zero-order valence-electron chi connectivity index (χ0n) is 16.4. The van der Waals surface area contributed by atoms with Gasteiger partial charge in [0.15, 0.2) is 0 Å². The van der Waals surface area contributed by atoms with Crippen LogP contribution in [0.1, 0.15) is 36.2 Å². The average Bonchev–Trinajstić information content (AvgIpc) is 3.16. The van der Waals surface area contributed by atoms with Crippen LogP contribution in [0.3, 0.4) is 0 Å². The number of halogens is 1. The topological polar surface area (TPSA) is 76.0 Å². The van der Waals surface area contributed by atoms with E-state index in [1.165, 1.54) is 6.20 Å². The molecule has 7 heteroatoms. The maximum Gasteiger partial charge on any atom is 0.254 e. The Morgan fingerprint density at radius 1 is 1.14 bits per heavy atom. The molecule has 0 atom stereocenters. The monoisotopic (exact) mass is 410 g/mol. The summed E-state index contributed by atoms with van der Waals surface area (Å²) in [7, 11) is 0. The van der Waals surface area contributed by atoms with Crippen LogP contribution in [0.5, 0.6) is 0 Å². The maximum atomic E-state index is 12.4. The molecule has 0 aliphatic rings. The minimum atomic E-state index is -0.223. The highest BCUT2D eigenvalue weighted by Crippen LogP contribution is 2.14. The molecular weight excluding hydrogens is 388 g/mol. The molecule has 0 bridgehead atoms. The average molecular weight is 411 g/mol. The van der Waals surface area contributed by atoms with Crippen molar-refractivity contribution in [2.45, 2.75) is 26.8 Å². The molecule has 0 unspecified atom stereocenters. The summed E-state index contributed by atoms with van der Waals surface area (Å²) in [5.74, 6) is 0.0570. The number of rotatable bonds is 7. The van der Waals surface area contributed by atoms with E-state index in [0.29, 0.717) is 29.5 Å². The summed E-state index contributed by atoms with van der Waals surface area (Å²) in [5.41, 5.74) is 2.89. The first-order valence-electron chi connectivity index (χ1n) is 9.38. The van der Waals surface area contributed by atoms with E-state index < -0.39 is 0 Å². The lowest BCUT2D eigenvalue weighted by Crippen LogP contribution is -2.22. The SMILES string of the molecule is CC(C)CC(=O)Nc1cccc(CNC(=O)c2cnn(-c3ccc(Cl)cc3)c2)c1. The zero-order valence-corrected chi connectivity index (χ0v) is 17.1. The third-order valence-corrected chi connectivity index (χ3v) is 4.45. The largest absolute Gasteiger partial charge is 0.348 e. The number of nitrogens with one attached hydrogen (secondary N) is 2. The number of hydrogen-bond donors (Lipinski definition) is 2. The fourth-order valence-electron chi connectivity index (χ4n) is 2.80. The Kier molecular flexibility index (Phi) is 6.67. The summed E-state index contributed by atoms with van der Waals surface area (Å²) >= 11 is 5.90. The van der Waals surface area contributed by atoms with E-state index in [4.69, 9.17) is 11.6 Å². The van der Waals surface area contributed by atoms with Crippen LogP contribution in [0.4, 0.5) is 5.69 Å². The number of amides is 2. The lowest BCUT2D eigenvalue weighted by Gasteiger charge is -2.09. The van der Waals surface area contributed by atoms with Gasteiger partial charge in [-0.2, -0.15) is 5.10 Å². The predicted molar refractivity (Wildman–Crippen MR) is 114 cm³/mol. The molecule has 0 spiro atoms. The van der Waals surface area contributed by atoms with Gasteiger partial charge >= 0.3 is 0 Å². The van der Waals surface area contributed by atoms with Crippen molar-refractivity contribution in [3.05, 3.63) is 77.1 Å². The van der Waals surface area contributed by atoms with E-state index in [-0.39, 0.29) is 11.8 Å². The Balaban J connectivity index is 1.59. The normalized spacial score (nSPS) is 10.8. The first kappa shape index (κ1) is 20.6. The van der Waals surface area contributed by atoms with Crippen molar-refractivity contribution >= 4 is 29.1 Å². The van der Waals surface area contributed by atoms with Crippen molar-refractivity contribution < 1.29 is 9.59 Å². The third-order valence-electron chi connectivity index (χ3n) is 4.19. The van der Waals surface area contributed by atoms with Crippen LogP contribution >= 0.6 is 11.6 Å². The molecule has 150 valence electrons. The lowest BCUT2D eigenvalue weighted by molar-refractivity contribution is -0.116. The summed E-state index contributed by atoms with van der Waals surface area (Å²) < 4.78 is 1.62. The smallest absolute Gasteiger partial charge is 0.254 e. The minimum absolute atomic E-state index is 0.0178. The Hall–Kier alpha value is -3.12. The highest BCUT2D eigenvalue weighted by atomic mass is 35.5. The Morgan fingerprint density at radius 3 is 2.62 bits per heavy atom. The molecule has 6 nitrogen and oxygen atoms in total. The summed E-state index contributed by atoms with van der Waals surface area (Å²) in [6.07, 6.45) is 3.66. The Bertz CT molecular complexity index is 996. The molecule has 29 heavy (non-hydrogen) atoms. The molecule has 2 amide bonds. The third kappa shape index (κ3) is 5.93. The summed E-state index contributed by atoms with van der Waals surface area (Å²) in [6, 6.07) is 14.6. The minimum Gasteiger partial charge on any atom is -0.348 e. The molecule has 3 rings (SSSR count). The van der Waals surface area contributed by atoms with Crippen LogP contribution in [0.2, 0.25) is 5.02 Å². The molecule has 0 aliphatic heterocycles. The first-order chi connectivity index (χ1) is 13.9. The van der Waals surface area contributed by atoms with Crippen molar-refractivity contribution in [2.75, 3.05) is 5.32 Å². The van der Waals surface area contributed by atoms with E-state index in [1.54, 1.807) is 23.0 Å². The fraction of sp³-hybridized carbons (Fsp3) is 0.227. The molecule has 2 N–H and O–H groups in total. The number of aromatic nitrogens is 2. The van der Waals surface area contributed by atoms with Gasteiger partial charge in [0.25, 0.3) is 5.91 Å². The van der Waals surface area contributed by atoms with E-state index in [1.807, 2.05) is 50.2 Å². The van der Waals surface area contributed by atoms with Gasteiger partial charge in [0, 0.05) is 29.9 Å². The van der Waals surface area contributed by atoms with Gasteiger partial charge in [0.05, 0.1) is 17.4 Å². The molecule has 0 radical (unpaired) electrons. The highest BCUT2D eigenvalue weighted by molar-refractivity contribution is 6.30.